The fourth-order valence-electron chi connectivity index (χ4n) is 9.10. The largest absolute Gasteiger partial charge is 0.455 e. The van der Waals surface area contributed by atoms with Gasteiger partial charge in [0.2, 0.25) is 5.91 Å². The number of nitro groups is 1. The number of H-pyrrole nitrogens is 1. The van der Waals surface area contributed by atoms with Gasteiger partial charge in [-0.25, -0.2) is 13.4 Å². The van der Waals surface area contributed by atoms with E-state index in [2.05, 4.69) is 38.9 Å². The van der Waals surface area contributed by atoms with Gasteiger partial charge in [-0.05, 0) is 84.3 Å². The van der Waals surface area contributed by atoms with Crippen LogP contribution in [0, 0.1) is 26.9 Å². The molecule has 0 spiro atoms. The van der Waals surface area contributed by atoms with Crippen LogP contribution < -0.4 is 15.0 Å². The molecule has 2 saturated heterocycles. The van der Waals surface area contributed by atoms with Crippen LogP contribution in [0.5, 0.6) is 11.5 Å². The van der Waals surface area contributed by atoms with E-state index < -0.39 is 54.7 Å². The third kappa shape index (κ3) is 11.6. The highest BCUT2D eigenvalue weighted by atomic mass is 35.5. The highest BCUT2D eigenvalue weighted by molar-refractivity contribution is 7.92. The average Bonchev–Trinajstić information content (AvgIpc) is 3.79. The summed E-state index contributed by atoms with van der Waals surface area (Å²) in [4.78, 5) is 50.7. The van der Waals surface area contributed by atoms with Crippen LogP contribution in [-0.4, -0.2) is 116 Å². The highest BCUT2D eigenvalue weighted by Crippen LogP contribution is 2.46. The molecule has 8 rings (SSSR count). The number of nitrogens with one attached hydrogen (secondary N) is 2. The minimum Gasteiger partial charge on any atom is -0.455 e. The molecule has 1 aliphatic carbocycles. The number of halogens is 4. The first-order chi connectivity index (χ1) is 33.3. The minimum absolute atomic E-state index is 0.00222. The molecule has 3 aliphatic rings. The number of piperazine rings is 1. The molecule has 1 unspecified atom stereocenters. The second-order valence-electron chi connectivity index (χ2n) is 18.4. The Labute approximate surface area is 407 Å². The van der Waals surface area contributed by atoms with Crippen LogP contribution in [-0.2, 0) is 25.5 Å². The maximum absolute atomic E-state index is 14.1. The minimum atomic E-state index is -4.51. The number of nitro benzene ring substituents is 1. The van der Waals surface area contributed by atoms with Crippen molar-refractivity contribution in [3.05, 3.63) is 117 Å². The molecule has 0 saturated carbocycles. The number of aromatic nitrogens is 2. The second kappa shape index (κ2) is 20.4. The molecule has 2 aliphatic heterocycles. The smallest absolute Gasteiger partial charge is 0.416 e. The van der Waals surface area contributed by atoms with Crippen LogP contribution in [0.4, 0.5) is 30.2 Å². The number of anilines is 2. The fourth-order valence-corrected chi connectivity index (χ4v) is 10.6. The number of benzene rings is 3. The zero-order valence-electron chi connectivity index (χ0n) is 38.4. The van der Waals surface area contributed by atoms with Crippen LogP contribution >= 0.6 is 11.6 Å². The van der Waals surface area contributed by atoms with Gasteiger partial charge in [0.25, 0.3) is 5.69 Å². The zero-order valence-corrected chi connectivity index (χ0v) is 39.9. The number of ether oxygens (including phenoxy) is 2. The van der Waals surface area contributed by atoms with Crippen molar-refractivity contribution in [2.24, 2.45) is 5.41 Å². The van der Waals surface area contributed by atoms with Gasteiger partial charge in [0.05, 0.1) is 45.9 Å². The van der Waals surface area contributed by atoms with Gasteiger partial charge in [-0.3, -0.25) is 24.6 Å². The van der Waals surface area contributed by atoms with Crippen molar-refractivity contribution in [1.82, 2.24) is 19.8 Å². The van der Waals surface area contributed by atoms with Crippen LogP contribution in [0.15, 0.2) is 89.6 Å². The van der Waals surface area contributed by atoms with Crippen LogP contribution in [0.25, 0.3) is 16.6 Å². The number of hydrogen-bond donors (Lipinski definition) is 2. The monoisotopic (exact) mass is 1000 g/mol. The van der Waals surface area contributed by atoms with Crippen molar-refractivity contribution in [3.63, 3.8) is 0 Å². The second-order valence-corrected chi connectivity index (χ2v) is 20.8. The summed E-state index contributed by atoms with van der Waals surface area (Å²) in [6, 6.07) is 17.1. The van der Waals surface area contributed by atoms with E-state index >= 15 is 0 Å². The van der Waals surface area contributed by atoms with Gasteiger partial charge >= 0.3 is 6.18 Å². The van der Waals surface area contributed by atoms with Gasteiger partial charge in [-0.2, -0.15) is 18.4 Å². The van der Waals surface area contributed by atoms with E-state index in [1.54, 1.807) is 30.5 Å². The molecule has 5 aromatic rings. The van der Waals surface area contributed by atoms with Crippen LogP contribution in [0.2, 0.25) is 5.02 Å². The number of morpholine rings is 1. The first kappa shape index (κ1) is 49.9. The summed E-state index contributed by atoms with van der Waals surface area (Å²) in [5.74, 6) is -1.84. The zero-order chi connectivity index (χ0) is 50.0. The molecule has 21 heteroatoms. The van der Waals surface area contributed by atoms with E-state index in [-0.39, 0.29) is 65.2 Å². The number of carbonyl (C=O) groups is 2. The number of aromatic amines is 1. The number of pyridine rings is 1. The van der Waals surface area contributed by atoms with Crippen LogP contribution in [0.3, 0.4) is 0 Å². The van der Waals surface area contributed by atoms with E-state index in [0.29, 0.717) is 62.6 Å². The Bertz CT molecular complexity index is 3020. The van der Waals surface area contributed by atoms with Crippen molar-refractivity contribution in [2.75, 3.05) is 74.9 Å². The van der Waals surface area contributed by atoms with Crippen molar-refractivity contribution in [1.29, 1.82) is 5.26 Å². The van der Waals surface area contributed by atoms with Gasteiger partial charge < -0.3 is 29.6 Å². The Balaban J connectivity index is 0.989. The molecular formula is C49H50ClF3N8O8S. The molecule has 3 aromatic carbocycles. The molecule has 368 valence electrons. The molecule has 0 radical (unpaired) electrons. The molecule has 0 bridgehead atoms. The maximum atomic E-state index is 14.1. The number of rotatable bonds is 15. The van der Waals surface area contributed by atoms with Gasteiger partial charge in [0.15, 0.2) is 15.6 Å². The molecular weight excluding hydrogens is 953 g/mol. The number of nitrogens with zero attached hydrogens (tertiary/aromatic N) is 6. The van der Waals surface area contributed by atoms with Gasteiger partial charge in [0, 0.05) is 86.8 Å². The molecule has 1 atom stereocenters. The lowest BCUT2D eigenvalue weighted by molar-refractivity contribution is -0.384. The number of Topliss-reactive ketones (excluding diaryl/α,β-unsaturated/α-hetero) is 1. The molecule has 4 heterocycles. The molecule has 2 fully saturated rings. The Hall–Kier alpha value is -6.53. The van der Waals surface area contributed by atoms with E-state index in [4.69, 9.17) is 26.3 Å². The van der Waals surface area contributed by atoms with Gasteiger partial charge in [-0.15, -0.1) is 0 Å². The van der Waals surface area contributed by atoms with Crippen molar-refractivity contribution in [3.8, 4) is 17.6 Å². The van der Waals surface area contributed by atoms with E-state index in [1.807, 2.05) is 6.07 Å². The standard InChI is InChI=1S/C49H50ClF3N8O8S/c1-48(2)12-9-32(40(25-48)38-6-3-33(22-41(38)50)49(51,52)53)28-58-15-17-59(18-16-58)34-4-7-39(45(23-34)69-35-21-31-11-14-55-47(31)57-26-35)44(62)30-70(66,67)37-5-8-42(43(24-37)61(64)65)56-27-36-29-60(19-20-68-36)46(63)10-13-54/h3-8,11,14,21-24,26,36,56H,9-10,12,15-20,25,27-30H2,1-2H3,(H,55,57). The first-order valence-electron chi connectivity index (χ1n) is 22.6. The van der Waals surface area contributed by atoms with Gasteiger partial charge in [-0.1, -0.05) is 37.1 Å². The lowest BCUT2D eigenvalue weighted by Crippen LogP contribution is -2.47. The Morgan fingerprint density at radius 3 is 2.59 bits per heavy atom. The quantitative estimate of drug-likeness (QED) is 0.0572. The number of alkyl halides is 3. The first-order valence-corrected chi connectivity index (χ1v) is 24.6. The SMILES string of the molecule is CC1(C)CCC(CN2CCN(c3ccc(C(=O)CS(=O)(=O)c4ccc(NCC5CN(C(=O)CC#N)CCO5)c([N+](=O)[O-])c4)c(Oc4cnc5[nH]ccc5c4)c3)CC2)=C(c2ccc(C(F)(F)F)cc2Cl)C1. The molecule has 16 nitrogen and oxygen atoms in total. The third-order valence-electron chi connectivity index (χ3n) is 12.9. The molecule has 1 amide bonds. The summed E-state index contributed by atoms with van der Waals surface area (Å²) in [5, 5.41) is 24.8. The number of amides is 1. The molecule has 2 aromatic heterocycles. The Morgan fingerprint density at radius 1 is 1.07 bits per heavy atom. The lowest BCUT2D eigenvalue weighted by atomic mass is 9.72. The predicted molar refractivity (Wildman–Crippen MR) is 257 cm³/mol. The predicted octanol–water partition coefficient (Wildman–Crippen LogP) is 8.93. The van der Waals surface area contributed by atoms with E-state index in [0.717, 1.165) is 47.6 Å². The lowest BCUT2D eigenvalue weighted by Gasteiger charge is -2.39. The number of allylic oxidation sites excluding steroid dienone is 1. The van der Waals surface area contributed by atoms with Crippen molar-refractivity contribution < 1.29 is 45.6 Å². The fraction of sp³-hybridized carbons (Fsp3) is 0.388. The van der Waals surface area contributed by atoms with Crippen molar-refractivity contribution in [2.45, 2.75) is 56.7 Å². The normalized spacial score (nSPS) is 17.9. The summed E-state index contributed by atoms with van der Waals surface area (Å²) < 4.78 is 80.3. The number of carbonyl (C=O) groups excluding carboxylic acids is 2. The van der Waals surface area contributed by atoms with E-state index in [9.17, 15) is 41.3 Å². The number of ketones is 1. The molecule has 2 N–H and O–H groups in total. The topological polar surface area (TPSA) is 204 Å². The summed E-state index contributed by atoms with van der Waals surface area (Å²) in [7, 11) is -4.46. The Kier molecular flexibility index (Phi) is 14.6. The third-order valence-corrected chi connectivity index (χ3v) is 14.8. The maximum Gasteiger partial charge on any atom is 0.416 e. The average molecular weight is 1000 g/mol. The van der Waals surface area contributed by atoms with E-state index in [1.165, 1.54) is 35.4 Å². The number of fused-ring (bicyclic) bond motifs is 1. The summed E-state index contributed by atoms with van der Waals surface area (Å²) in [6.07, 6.45) is 0.211. The molecule has 70 heavy (non-hydrogen) atoms. The summed E-state index contributed by atoms with van der Waals surface area (Å²) in [5.41, 5.74) is 2.61. The highest BCUT2D eigenvalue weighted by Gasteiger charge is 2.34. The van der Waals surface area contributed by atoms with Crippen LogP contribution in [0.1, 0.15) is 61.0 Å². The summed E-state index contributed by atoms with van der Waals surface area (Å²) >= 11 is 6.54. The van der Waals surface area contributed by atoms with Gasteiger partial charge in [0.1, 0.15) is 35.0 Å². The van der Waals surface area contributed by atoms with Crippen molar-refractivity contribution >= 4 is 66.8 Å². The number of nitriles is 1. The number of sulfone groups is 1. The summed E-state index contributed by atoms with van der Waals surface area (Å²) in [6.45, 7) is 8.05. The Morgan fingerprint density at radius 2 is 1.86 bits per heavy atom. The number of hydrogen-bond acceptors (Lipinski definition) is 13.